The van der Waals surface area contributed by atoms with E-state index in [1.54, 1.807) is 0 Å². The molecule has 0 amide bonds. The van der Waals surface area contributed by atoms with Crippen LogP contribution in [0.2, 0.25) is 0 Å². The Hall–Kier alpha value is -1.76. The lowest BCUT2D eigenvalue weighted by atomic mass is 10.1. The Morgan fingerprint density at radius 3 is 2.52 bits per heavy atom. The minimum absolute atomic E-state index is 0.145. The molecule has 1 aliphatic heterocycles. The SMILES string of the molecule is N=C(N)c1ccc(OCCN2CCCC2)cc1C(F)(F)F. The number of nitrogen functional groups attached to an aromatic ring is 1. The summed E-state index contributed by atoms with van der Waals surface area (Å²) in [5.41, 5.74) is 3.92. The van der Waals surface area contributed by atoms with Crippen molar-refractivity contribution in [1.29, 1.82) is 5.41 Å². The number of hydrogen-bond acceptors (Lipinski definition) is 3. The molecule has 1 heterocycles. The van der Waals surface area contributed by atoms with Crippen molar-refractivity contribution in [1.82, 2.24) is 4.90 Å². The highest BCUT2D eigenvalue weighted by Crippen LogP contribution is 2.34. The van der Waals surface area contributed by atoms with Gasteiger partial charge in [-0.1, -0.05) is 0 Å². The van der Waals surface area contributed by atoms with E-state index in [1.807, 2.05) is 0 Å². The van der Waals surface area contributed by atoms with Crippen molar-refractivity contribution in [3.63, 3.8) is 0 Å². The van der Waals surface area contributed by atoms with Crippen LogP contribution in [-0.2, 0) is 6.18 Å². The molecule has 21 heavy (non-hydrogen) atoms. The Morgan fingerprint density at radius 1 is 1.29 bits per heavy atom. The minimum Gasteiger partial charge on any atom is -0.492 e. The lowest BCUT2D eigenvalue weighted by Crippen LogP contribution is -2.25. The smallest absolute Gasteiger partial charge is 0.417 e. The number of halogens is 3. The van der Waals surface area contributed by atoms with Crippen LogP contribution in [0.3, 0.4) is 0 Å². The van der Waals surface area contributed by atoms with Crippen LogP contribution in [0.5, 0.6) is 5.75 Å². The lowest BCUT2D eigenvalue weighted by Gasteiger charge is -2.17. The van der Waals surface area contributed by atoms with Gasteiger partial charge in [0.05, 0.1) is 5.56 Å². The van der Waals surface area contributed by atoms with Gasteiger partial charge in [0.1, 0.15) is 18.2 Å². The predicted octanol–water partition coefficient (Wildman–Crippen LogP) is 2.46. The molecule has 1 aliphatic rings. The van der Waals surface area contributed by atoms with E-state index in [-0.39, 0.29) is 11.3 Å². The van der Waals surface area contributed by atoms with E-state index >= 15 is 0 Å². The zero-order valence-corrected chi connectivity index (χ0v) is 11.5. The third-order valence-corrected chi connectivity index (χ3v) is 3.46. The van der Waals surface area contributed by atoms with Crippen LogP contribution in [0.4, 0.5) is 13.2 Å². The van der Waals surface area contributed by atoms with E-state index < -0.39 is 17.6 Å². The number of alkyl halides is 3. The highest BCUT2D eigenvalue weighted by molar-refractivity contribution is 5.96. The fourth-order valence-corrected chi connectivity index (χ4v) is 2.38. The molecule has 0 radical (unpaired) electrons. The van der Waals surface area contributed by atoms with Crippen LogP contribution in [0.15, 0.2) is 18.2 Å². The van der Waals surface area contributed by atoms with E-state index in [2.05, 4.69) is 4.90 Å². The number of amidine groups is 1. The second kappa shape index (κ2) is 6.34. The molecule has 1 saturated heterocycles. The van der Waals surface area contributed by atoms with Crippen LogP contribution < -0.4 is 10.5 Å². The molecule has 0 unspecified atom stereocenters. The molecule has 2 rings (SSSR count). The van der Waals surface area contributed by atoms with Crippen LogP contribution in [-0.4, -0.2) is 37.0 Å². The molecular weight excluding hydrogens is 283 g/mol. The Kier molecular flexibility index (Phi) is 4.72. The highest BCUT2D eigenvalue weighted by Gasteiger charge is 2.34. The van der Waals surface area contributed by atoms with Gasteiger partial charge in [-0.25, -0.2) is 0 Å². The fourth-order valence-electron chi connectivity index (χ4n) is 2.38. The first kappa shape index (κ1) is 15.6. The van der Waals surface area contributed by atoms with Gasteiger partial charge in [0.2, 0.25) is 0 Å². The molecular formula is C14H18F3N3O. The van der Waals surface area contributed by atoms with Gasteiger partial charge in [-0.2, -0.15) is 13.2 Å². The number of nitrogens with one attached hydrogen (secondary N) is 1. The van der Waals surface area contributed by atoms with Crippen molar-refractivity contribution in [3.8, 4) is 5.75 Å². The summed E-state index contributed by atoms with van der Waals surface area (Å²) < 4.78 is 44.2. The maximum Gasteiger partial charge on any atom is 0.417 e. The van der Waals surface area contributed by atoms with E-state index in [0.29, 0.717) is 13.2 Å². The van der Waals surface area contributed by atoms with Crippen molar-refractivity contribution in [2.45, 2.75) is 19.0 Å². The average molecular weight is 301 g/mol. The quantitative estimate of drug-likeness (QED) is 0.649. The summed E-state index contributed by atoms with van der Waals surface area (Å²) in [5, 5.41) is 7.21. The van der Waals surface area contributed by atoms with E-state index in [1.165, 1.54) is 12.1 Å². The molecule has 116 valence electrons. The van der Waals surface area contributed by atoms with Gasteiger partial charge in [0.25, 0.3) is 0 Å². The third kappa shape index (κ3) is 4.10. The molecule has 0 atom stereocenters. The summed E-state index contributed by atoms with van der Waals surface area (Å²) in [6.07, 6.45) is -2.24. The number of nitrogens with two attached hydrogens (primary N) is 1. The second-order valence-corrected chi connectivity index (χ2v) is 5.02. The number of likely N-dealkylation sites (tertiary alicyclic amines) is 1. The number of hydrogen-bond donors (Lipinski definition) is 2. The third-order valence-electron chi connectivity index (χ3n) is 3.46. The van der Waals surface area contributed by atoms with Crippen LogP contribution >= 0.6 is 0 Å². The molecule has 0 aliphatic carbocycles. The maximum absolute atomic E-state index is 12.9. The van der Waals surface area contributed by atoms with Gasteiger partial charge < -0.3 is 10.5 Å². The molecule has 1 aromatic rings. The maximum atomic E-state index is 12.9. The molecule has 1 fully saturated rings. The zero-order chi connectivity index (χ0) is 15.5. The van der Waals surface area contributed by atoms with Crippen molar-refractivity contribution < 1.29 is 17.9 Å². The summed E-state index contributed by atoms with van der Waals surface area (Å²) in [5.74, 6) is -0.461. The minimum atomic E-state index is -4.56. The lowest BCUT2D eigenvalue weighted by molar-refractivity contribution is -0.137. The summed E-state index contributed by atoms with van der Waals surface area (Å²) in [4.78, 5) is 2.22. The summed E-state index contributed by atoms with van der Waals surface area (Å²) in [6, 6.07) is 3.49. The number of nitrogens with zero attached hydrogens (tertiary/aromatic N) is 1. The molecule has 0 saturated carbocycles. The first-order valence-corrected chi connectivity index (χ1v) is 6.79. The van der Waals surface area contributed by atoms with Gasteiger partial charge in [-0.3, -0.25) is 10.3 Å². The van der Waals surface area contributed by atoms with Crippen molar-refractivity contribution >= 4 is 5.84 Å². The largest absolute Gasteiger partial charge is 0.492 e. The normalized spacial score (nSPS) is 16.1. The summed E-state index contributed by atoms with van der Waals surface area (Å²) >= 11 is 0. The van der Waals surface area contributed by atoms with Gasteiger partial charge in [0, 0.05) is 12.1 Å². The van der Waals surface area contributed by atoms with Gasteiger partial charge in [-0.15, -0.1) is 0 Å². The van der Waals surface area contributed by atoms with Crippen molar-refractivity contribution in [2.75, 3.05) is 26.2 Å². The summed E-state index contributed by atoms with van der Waals surface area (Å²) in [7, 11) is 0. The first-order chi connectivity index (χ1) is 9.88. The number of benzene rings is 1. The van der Waals surface area contributed by atoms with Crippen LogP contribution in [0, 0.1) is 5.41 Å². The first-order valence-electron chi connectivity index (χ1n) is 6.79. The molecule has 0 bridgehead atoms. The van der Waals surface area contributed by atoms with Crippen LogP contribution in [0.1, 0.15) is 24.0 Å². The second-order valence-electron chi connectivity index (χ2n) is 5.02. The predicted molar refractivity (Wildman–Crippen MR) is 73.6 cm³/mol. The van der Waals surface area contributed by atoms with Gasteiger partial charge in [0.15, 0.2) is 0 Å². The fraction of sp³-hybridized carbons (Fsp3) is 0.500. The van der Waals surface area contributed by atoms with Gasteiger partial charge in [-0.05, 0) is 44.1 Å². The number of rotatable bonds is 5. The van der Waals surface area contributed by atoms with E-state index in [9.17, 15) is 13.2 Å². The topological polar surface area (TPSA) is 62.3 Å². The average Bonchev–Trinajstić information content (AvgIpc) is 2.90. The molecule has 4 nitrogen and oxygen atoms in total. The van der Waals surface area contributed by atoms with Crippen LogP contribution in [0.25, 0.3) is 0 Å². The Bertz CT molecular complexity index is 511. The standard InChI is InChI=1S/C14H18F3N3O/c15-14(16,17)12-9-10(3-4-11(12)13(18)19)21-8-7-20-5-1-2-6-20/h3-4,9H,1-2,5-8H2,(H3,18,19). The van der Waals surface area contributed by atoms with Gasteiger partial charge >= 0.3 is 6.18 Å². The molecule has 0 aromatic heterocycles. The Labute approximate surface area is 121 Å². The molecule has 0 spiro atoms. The van der Waals surface area contributed by atoms with Crippen molar-refractivity contribution in [2.24, 2.45) is 5.73 Å². The van der Waals surface area contributed by atoms with E-state index in [4.69, 9.17) is 15.9 Å². The highest BCUT2D eigenvalue weighted by atomic mass is 19.4. The Morgan fingerprint density at radius 2 is 1.95 bits per heavy atom. The molecule has 7 heteroatoms. The Balaban J connectivity index is 2.04. The van der Waals surface area contributed by atoms with E-state index in [0.717, 1.165) is 32.0 Å². The number of ether oxygens (including phenoxy) is 1. The summed E-state index contributed by atoms with van der Waals surface area (Å²) in [6.45, 7) is 3.08. The zero-order valence-electron chi connectivity index (χ0n) is 11.5. The molecule has 1 aromatic carbocycles. The molecule has 3 N–H and O–H groups in total. The monoisotopic (exact) mass is 301 g/mol. The van der Waals surface area contributed by atoms with Crippen molar-refractivity contribution in [3.05, 3.63) is 29.3 Å².